The van der Waals surface area contributed by atoms with Crippen molar-refractivity contribution in [2.24, 2.45) is 0 Å². The first-order valence-corrected chi connectivity index (χ1v) is 9.14. The zero-order chi connectivity index (χ0) is 17.6. The van der Waals surface area contributed by atoms with E-state index >= 15 is 0 Å². The summed E-state index contributed by atoms with van der Waals surface area (Å²) in [5.41, 5.74) is 4.77. The van der Waals surface area contributed by atoms with Crippen LogP contribution in [0.3, 0.4) is 0 Å². The van der Waals surface area contributed by atoms with Crippen molar-refractivity contribution >= 4 is 11.8 Å². The van der Waals surface area contributed by atoms with Crippen LogP contribution in [0.5, 0.6) is 5.75 Å². The second-order valence-corrected chi connectivity index (χ2v) is 6.40. The maximum absolute atomic E-state index is 5.78. The molecule has 0 bridgehead atoms. The molecule has 3 nitrogen and oxygen atoms in total. The summed E-state index contributed by atoms with van der Waals surface area (Å²) >= 11 is 0. The molecule has 2 aromatic carbocycles. The van der Waals surface area contributed by atoms with Crippen LogP contribution >= 0.6 is 0 Å². The second-order valence-electron chi connectivity index (χ2n) is 6.40. The van der Waals surface area contributed by atoms with Crippen LogP contribution in [0.4, 0.5) is 5.69 Å². The smallest absolute Gasteiger partial charge is 0.134 e. The van der Waals surface area contributed by atoms with Gasteiger partial charge in [-0.3, -0.25) is 0 Å². The zero-order valence-corrected chi connectivity index (χ0v) is 15.5. The summed E-state index contributed by atoms with van der Waals surface area (Å²) in [7, 11) is 1.76. The quantitative estimate of drug-likeness (QED) is 0.797. The number of rotatable bonds is 5. The van der Waals surface area contributed by atoms with E-state index in [-0.39, 0.29) is 0 Å². The van der Waals surface area contributed by atoms with Crippen molar-refractivity contribution < 1.29 is 4.74 Å². The molecule has 0 aromatic heterocycles. The number of allylic oxidation sites excluding steroid dienone is 1. The van der Waals surface area contributed by atoms with Gasteiger partial charge in [-0.2, -0.15) is 0 Å². The van der Waals surface area contributed by atoms with Gasteiger partial charge in [-0.1, -0.05) is 49.4 Å². The number of methoxy groups -OCH3 is 1. The molecule has 0 atom stereocenters. The molecule has 0 spiro atoms. The number of likely N-dealkylation sites (N-methyl/N-ethyl adjacent to an activating group) is 1. The molecular weight excluding hydrogens is 308 g/mol. The van der Waals surface area contributed by atoms with Crippen LogP contribution in [0.15, 0.2) is 48.5 Å². The number of hydrogen-bond donors (Lipinski definition) is 0. The molecule has 132 valence electrons. The topological polar surface area (TPSA) is 15.7 Å². The monoisotopic (exact) mass is 336 g/mol. The molecule has 25 heavy (non-hydrogen) atoms. The molecule has 1 heterocycles. The van der Waals surface area contributed by atoms with Crippen molar-refractivity contribution in [1.82, 2.24) is 4.90 Å². The fourth-order valence-electron chi connectivity index (χ4n) is 3.50. The lowest BCUT2D eigenvalue weighted by atomic mass is 9.99. The van der Waals surface area contributed by atoms with Gasteiger partial charge in [0.25, 0.3) is 0 Å². The van der Waals surface area contributed by atoms with Crippen LogP contribution in [0, 0.1) is 0 Å². The normalized spacial score (nSPS) is 15.7. The van der Waals surface area contributed by atoms with Crippen molar-refractivity contribution in [2.75, 3.05) is 44.7 Å². The largest absolute Gasteiger partial charge is 0.495 e. The highest BCUT2D eigenvalue weighted by Crippen LogP contribution is 2.38. The molecule has 1 aliphatic heterocycles. The van der Waals surface area contributed by atoms with E-state index in [1.165, 1.54) is 11.3 Å². The Bertz CT molecular complexity index is 716. The number of piperazine rings is 1. The van der Waals surface area contributed by atoms with Gasteiger partial charge < -0.3 is 14.5 Å². The number of benzene rings is 2. The van der Waals surface area contributed by atoms with Crippen molar-refractivity contribution in [3.63, 3.8) is 0 Å². The SMILES string of the molecule is C/C=C/c1cc(N2CCN(CC)CC2)cc(-c2ccccc2)c1OC. The molecule has 0 unspecified atom stereocenters. The van der Waals surface area contributed by atoms with E-state index in [2.05, 4.69) is 71.3 Å². The number of anilines is 1. The Kier molecular flexibility index (Phi) is 5.77. The Hall–Kier alpha value is -2.26. The molecule has 1 saturated heterocycles. The number of nitrogens with zero attached hydrogens (tertiary/aromatic N) is 2. The van der Waals surface area contributed by atoms with Crippen molar-refractivity contribution in [3.05, 3.63) is 54.1 Å². The molecule has 3 rings (SSSR count). The first-order chi connectivity index (χ1) is 12.3. The third-order valence-electron chi connectivity index (χ3n) is 4.92. The van der Waals surface area contributed by atoms with Gasteiger partial charge in [0.05, 0.1) is 7.11 Å². The minimum atomic E-state index is 0.945. The van der Waals surface area contributed by atoms with Crippen LogP contribution < -0.4 is 9.64 Å². The zero-order valence-electron chi connectivity index (χ0n) is 15.5. The fourth-order valence-corrected chi connectivity index (χ4v) is 3.50. The first kappa shape index (κ1) is 17.6. The molecule has 0 aliphatic carbocycles. The van der Waals surface area contributed by atoms with Gasteiger partial charge >= 0.3 is 0 Å². The average molecular weight is 336 g/mol. The standard InChI is InChI=1S/C22H28N2O/c1-4-9-19-16-20(24-14-12-23(5-2)13-15-24)17-21(22(19)25-3)18-10-7-6-8-11-18/h4,6-11,16-17H,5,12-15H2,1-3H3/b9-4+. The van der Waals surface area contributed by atoms with Gasteiger partial charge in [-0.15, -0.1) is 0 Å². The molecule has 0 N–H and O–H groups in total. The molecule has 0 amide bonds. The summed E-state index contributed by atoms with van der Waals surface area (Å²) in [6, 6.07) is 15.0. The van der Waals surface area contributed by atoms with Gasteiger partial charge in [0, 0.05) is 43.0 Å². The van der Waals surface area contributed by atoms with Crippen molar-refractivity contribution in [2.45, 2.75) is 13.8 Å². The highest BCUT2D eigenvalue weighted by atomic mass is 16.5. The molecule has 1 fully saturated rings. The Morgan fingerprint density at radius 3 is 2.36 bits per heavy atom. The van der Waals surface area contributed by atoms with Crippen LogP contribution in [0.1, 0.15) is 19.4 Å². The summed E-state index contributed by atoms with van der Waals surface area (Å²) < 4.78 is 5.78. The van der Waals surface area contributed by atoms with Crippen molar-refractivity contribution in [3.8, 4) is 16.9 Å². The van der Waals surface area contributed by atoms with Crippen LogP contribution in [0.2, 0.25) is 0 Å². The summed E-state index contributed by atoms with van der Waals surface area (Å²) in [6.45, 7) is 9.82. The summed E-state index contributed by atoms with van der Waals surface area (Å²) in [5, 5.41) is 0. The van der Waals surface area contributed by atoms with Crippen molar-refractivity contribution in [1.29, 1.82) is 0 Å². The fraction of sp³-hybridized carbons (Fsp3) is 0.364. The molecule has 2 aromatic rings. The predicted molar refractivity (Wildman–Crippen MR) is 107 cm³/mol. The molecule has 0 radical (unpaired) electrons. The van der Waals surface area contributed by atoms with Gasteiger partial charge in [0.1, 0.15) is 5.75 Å². The minimum Gasteiger partial charge on any atom is -0.495 e. The van der Waals surface area contributed by atoms with Crippen LogP contribution in [-0.2, 0) is 0 Å². The lowest BCUT2D eigenvalue weighted by Gasteiger charge is -2.36. The van der Waals surface area contributed by atoms with E-state index in [1.807, 2.05) is 6.92 Å². The Morgan fingerprint density at radius 2 is 1.76 bits per heavy atom. The van der Waals surface area contributed by atoms with Gasteiger partial charge in [-0.25, -0.2) is 0 Å². The maximum Gasteiger partial charge on any atom is 0.134 e. The molecular formula is C22H28N2O. The maximum atomic E-state index is 5.78. The van der Waals surface area contributed by atoms with Gasteiger partial charge in [0.15, 0.2) is 0 Å². The van der Waals surface area contributed by atoms with Gasteiger partial charge in [0.2, 0.25) is 0 Å². The second kappa shape index (κ2) is 8.21. The predicted octanol–water partition coefficient (Wildman–Crippen LogP) is 4.54. The Balaban J connectivity index is 2.03. The van der Waals surface area contributed by atoms with E-state index < -0.39 is 0 Å². The average Bonchev–Trinajstić information content (AvgIpc) is 2.68. The van der Waals surface area contributed by atoms with E-state index in [4.69, 9.17) is 4.74 Å². The van der Waals surface area contributed by atoms with Crippen LogP contribution in [-0.4, -0.2) is 44.7 Å². The number of ether oxygens (including phenoxy) is 1. The number of hydrogen-bond acceptors (Lipinski definition) is 3. The van der Waals surface area contributed by atoms with E-state index in [1.54, 1.807) is 7.11 Å². The molecule has 1 aliphatic rings. The summed E-state index contributed by atoms with van der Waals surface area (Å²) in [4.78, 5) is 5.00. The Morgan fingerprint density at radius 1 is 1.04 bits per heavy atom. The lowest BCUT2D eigenvalue weighted by molar-refractivity contribution is 0.271. The lowest BCUT2D eigenvalue weighted by Crippen LogP contribution is -2.46. The molecule has 0 saturated carbocycles. The summed E-state index contributed by atoms with van der Waals surface area (Å²) in [6.07, 6.45) is 4.21. The van der Waals surface area contributed by atoms with E-state index in [0.717, 1.165) is 49.6 Å². The highest BCUT2D eigenvalue weighted by Gasteiger charge is 2.19. The Labute approximate surface area is 151 Å². The minimum absolute atomic E-state index is 0.945. The molecule has 3 heteroatoms. The van der Waals surface area contributed by atoms with E-state index in [0.29, 0.717) is 0 Å². The van der Waals surface area contributed by atoms with Gasteiger partial charge in [-0.05, 0) is 31.2 Å². The third-order valence-corrected chi connectivity index (χ3v) is 4.92. The highest BCUT2D eigenvalue weighted by molar-refractivity contribution is 5.81. The van der Waals surface area contributed by atoms with Crippen LogP contribution in [0.25, 0.3) is 17.2 Å². The first-order valence-electron chi connectivity index (χ1n) is 9.14. The third kappa shape index (κ3) is 3.88. The summed E-state index contributed by atoms with van der Waals surface area (Å²) in [5.74, 6) is 0.945. The van der Waals surface area contributed by atoms with E-state index in [9.17, 15) is 0 Å².